The molecule has 1 atom stereocenters. The predicted molar refractivity (Wildman–Crippen MR) is 113 cm³/mol. The van der Waals surface area contributed by atoms with Crippen molar-refractivity contribution in [2.45, 2.75) is 19.3 Å². The van der Waals surface area contributed by atoms with E-state index in [0.29, 0.717) is 33.8 Å². The molecule has 0 saturated carbocycles. The number of benzene rings is 1. The number of hydrogen-bond donors (Lipinski definition) is 3. The van der Waals surface area contributed by atoms with Gasteiger partial charge in [0.1, 0.15) is 11.6 Å². The molecule has 5 rings (SSSR count). The van der Waals surface area contributed by atoms with Crippen LogP contribution in [-0.4, -0.2) is 32.4 Å². The first kappa shape index (κ1) is 18.9. The maximum Gasteiger partial charge on any atom is 0.298 e. The zero-order chi connectivity index (χ0) is 21.7. The van der Waals surface area contributed by atoms with Gasteiger partial charge in [0.15, 0.2) is 5.82 Å². The van der Waals surface area contributed by atoms with Crippen LogP contribution in [0.3, 0.4) is 0 Å². The van der Waals surface area contributed by atoms with Crippen LogP contribution in [0.4, 0.5) is 11.6 Å². The van der Waals surface area contributed by atoms with Gasteiger partial charge in [-0.25, -0.2) is 0 Å². The second kappa shape index (κ2) is 6.98. The first-order valence-electron chi connectivity index (χ1n) is 9.77. The summed E-state index contributed by atoms with van der Waals surface area (Å²) in [5.41, 5.74) is 2.33. The number of anilines is 2. The highest BCUT2D eigenvalue weighted by Crippen LogP contribution is 2.41. The van der Waals surface area contributed by atoms with Crippen molar-refractivity contribution in [2.75, 3.05) is 10.6 Å². The summed E-state index contributed by atoms with van der Waals surface area (Å²) in [4.78, 5) is 41.3. The minimum atomic E-state index is -0.802. The number of aromatic amines is 1. The van der Waals surface area contributed by atoms with Crippen molar-refractivity contribution in [1.29, 1.82) is 0 Å². The van der Waals surface area contributed by atoms with Crippen LogP contribution in [0.25, 0.3) is 10.9 Å². The molecule has 0 aliphatic carbocycles. The molecule has 9 heteroatoms. The lowest BCUT2D eigenvalue weighted by Crippen LogP contribution is -2.27. The number of Topliss-reactive ketones (excluding diaryl/α,β-unsaturated/α-hetero) is 1. The molecule has 2 amide bonds. The maximum atomic E-state index is 13.0. The number of carbonyl (C=O) groups excluding carboxylic acids is 3. The highest BCUT2D eigenvalue weighted by atomic mass is 16.3. The Balaban J connectivity index is 1.52. The molecule has 3 aromatic heterocycles. The lowest BCUT2D eigenvalue weighted by Gasteiger charge is -2.22. The SMILES string of the molecule is Cc1[nH]c2ccccc2c1C(=O)C(=O)Nc1nn(C)c2c1C(c1ccco1)CC(=O)N2. The van der Waals surface area contributed by atoms with E-state index in [-0.39, 0.29) is 18.1 Å². The van der Waals surface area contributed by atoms with E-state index < -0.39 is 17.6 Å². The molecule has 0 fully saturated rings. The number of furan rings is 1. The highest BCUT2D eigenvalue weighted by Gasteiger charge is 2.35. The van der Waals surface area contributed by atoms with E-state index in [4.69, 9.17) is 4.42 Å². The third-order valence-corrected chi connectivity index (χ3v) is 5.53. The van der Waals surface area contributed by atoms with Crippen molar-refractivity contribution in [3.8, 4) is 0 Å². The van der Waals surface area contributed by atoms with Gasteiger partial charge in [0, 0.05) is 30.1 Å². The lowest BCUT2D eigenvalue weighted by molar-refractivity contribution is -0.116. The Labute approximate surface area is 176 Å². The van der Waals surface area contributed by atoms with Crippen LogP contribution in [0, 0.1) is 6.92 Å². The van der Waals surface area contributed by atoms with Crippen LogP contribution < -0.4 is 10.6 Å². The van der Waals surface area contributed by atoms with Crippen LogP contribution >= 0.6 is 0 Å². The molecule has 9 nitrogen and oxygen atoms in total. The molecule has 0 spiro atoms. The summed E-state index contributed by atoms with van der Waals surface area (Å²) in [6, 6.07) is 10.8. The summed E-state index contributed by atoms with van der Waals surface area (Å²) in [7, 11) is 1.66. The number of ketones is 1. The van der Waals surface area contributed by atoms with Gasteiger partial charge in [0.25, 0.3) is 11.7 Å². The van der Waals surface area contributed by atoms with E-state index in [1.54, 1.807) is 32.2 Å². The van der Waals surface area contributed by atoms with Crippen molar-refractivity contribution >= 4 is 40.1 Å². The molecule has 31 heavy (non-hydrogen) atoms. The van der Waals surface area contributed by atoms with Crippen LogP contribution in [0.2, 0.25) is 0 Å². The molecule has 1 unspecified atom stereocenters. The summed E-state index contributed by atoms with van der Waals surface area (Å²) in [6.07, 6.45) is 1.67. The number of nitrogens with one attached hydrogen (secondary N) is 3. The topological polar surface area (TPSA) is 122 Å². The molecule has 4 aromatic rings. The molecule has 156 valence electrons. The van der Waals surface area contributed by atoms with E-state index in [2.05, 4.69) is 20.7 Å². The fourth-order valence-corrected chi connectivity index (χ4v) is 4.16. The van der Waals surface area contributed by atoms with Gasteiger partial charge < -0.3 is 20.0 Å². The average molecular weight is 417 g/mol. The largest absolute Gasteiger partial charge is 0.469 e. The Morgan fingerprint density at radius 1 is 1.23 bits per heavy atom. The molecule has 4 heterocycles. The van der Waals surface area contributed by atoms with Gasteiger partial charge in [-0.1, -0.05) is 18.2 Å². The molecule has 1 aliphatic heterocycles. The molecule has 1 aliphatic rings. The zero-order valence-electron chi connectivity index (χ0n) is 16.9. The van der Waals surface area contributed by atoms with Crippen molar-refractivity contribution < 1.29 is 18.8 Å². The van der Waals surface area contributed by atoms with E-state index in [1.807, 2.05) is 18.2 Å². The van der Waals surface area contributed by atoms with Crippen LogP contribution in [-0.2, 0) is 16.6 Å². The number of fused-ring (bicyclic) bond motifs is 2. The number of nitrogens with zero attached hydrogens (tertiary/aromatic N) is 2. The monoisotopic (exact) mass is 417 g/mol. The Bertz CT molecular complexity index is 1350. The lowest BCUT2D eigenvalue weighted by atomic mass is 9.91. The summed E-state index contributed by atoms with van der Waals surface area (Å²) in [5, 5.41) is 10.5. The number of para-hydroxylation sites is 1. The normalized spacial score (nSPS) is 15.5. The number of hydrogen-bond acceptors (Lipinski definition) is 5. The minimum absolute atomic E-state index is 0.143. The quantitative estimate of drug-likeness (QED) is 0.348. The average Bonchev–Trinajstić information content (AvgIpc) is 3.45. The van der Waals surface area contributed by atoms with Gasteiger partial charge in [-0.3, -0.25) is 19.1 Å². The van der Waals surface area contributed by atoms with Crippen molar-refractivity contribution in [3.05, 3.63) is 65.2 Å². The van der Waals surface area contributed by atoms with Crippen molar-refractivity contribution in [3.63, 3.8) is 0 Å². The van der Waals surface area contributed by atoms with E-state index >= 15 is 0 Å². The fraction of sp³-hybridized carbons (Fsp3) is 0.182. The van der Waals surface area contributed by atoms with E-state index in [9.17, 15) is 14.4 Å². The first-order valence-corrected chi connectivity index (χ1v) is 9.77. The Morgan fingerprint density at radius 3 is 2.81 bits per heavy atom. The number of aryl methyl sites for hydroxylation is 2. The Kier molecular flexibility index (Phi) is 4.25. The molecule has 0 saturated heterocycles. The van der Waals surface area contributed by atoms with Crippen molar-refractivity contribution in [1.82, 2.24) is 14.8 Å². The summed E-state index contributed by atoms with van der Waals surface area (Å²) < 4.78 is 6.99. The zero-order valence-corrected chi connectivity index (χ0v) is 16.9. The van der Waals surface area contributed by atoms with Gasteiger partial charge in [-0.05, 0) is 25.1 Å². The number of H-pyrrole nitrogens is 1. The van der Waals surface area contributed by atoms with Gasteiger partial charge in [0.2, 0.25) is 5.91 Å². The second-order valence-corrected chi connectivity index (χ2v) is 7.51. The number of carbonyl (C=O) groups is 3. The predicted octanol–water partition coefficient (Wildman–Crippen LogP) is 3.10. The minimum Gasteiger partial charge on any atom is -0.469 e. The molecular weight excluding hydrogens is 398 g/mol. The van der Waals surface area contributed by atoms with Gasteiger partial charge in [-0.15, -0.1) is 0 Å². The van der Waals surface area contributed by atoms with Crippen molar-refractivity contribution in [2.24, 2.45) is 7.05 Å². The van der Waals surface area contributed by atoms with Gasteiger partial charge in [-0.2, -0.15) is 5.10 Å². The standard InChI is InChI=1S/C22H19N5O4/c1-11-17(12-6-3-4-7-14(12)23-11)19(29)22(30)25-20-18-13(15-8-5-9-31-15)10-16(28)24-21(18)27(2)26-20/h3-9,13,23H,10H2,1-2H3,(H,24,28)(H,25,26,30). The summed E-state index contributed by atoms with van der Waals surface area (Å²) >= 11 is 0. The molecule has 0 radical (unpaired) electrons. The highest BCUT2D eigenvalue weighted by molar-refractivity contribution is 6.48. The second-order valence-electron chi connectivity index (χ2n) is 7.51. The summed E-state index contributed by atoms with van der Waals surface area (Å²) in [5.74, 6) is -0.808. The van der Waals surface area contributed by atoms with E-state index in [0.717, 1.165) is 5.52 Å². The van der Waals surface area contributed by atoms with Gasteiger partial charge in [0.05, 0.1) is 23.3 Å². The maximum absolute atomic E-state index is 13.0. The molecule has 1 aromatic carbocycles. The first-order chi connectivity index (χ1) is 14.9. The number of amides is 2. The fourth-order valence-electron chi connectivity index (χ4n) is 4.16. The summed E-state index contributed by atoms with van der Waals surface area (Å²) in [6.45, 7) is 1.76. The van der Waals surface area contributed by atoms with Crippen LogP contribution in [0.15, 0.2) is 47.1 Å². The third kappa shape index (κ3) is 3.02. The van der Waals surface area contributed by atoms with E-state index in [1.165, 1.54) is 10.9 Å². The molecular formula is C22H19N5O4. The van der Waals surface area contributed by atoms with Crippen LogP contribution in [0.5, 0.6) is 0 Å². The van der Waals surface area contributed by atoms with Crippen LogP contribution in [0.1, 0.15) is 39.7 Å². The Morgan fingerprint density at radius 2 is 2.03 bits per heavy atom. The third-order valence-electron chi connectivity index (χ3n) is 5.53. The number of aromatic nitrogens is 3. The van der Waals surface area contributed by atoms with Gasteiger partial charge >= 0.3 is 0 Å². The Hall–Kier alpha value is -4.14. The molecule has 0 bridgehead atoms. The smallest absolute Gasteiger partial charge is 0.298 e. The molecule has 3 N–H and O–H groups in total. The number of rotatable bonds is 4.